The van der Waals surface area contributed by atoms with Crippen LogP contribution in [0.3, 0.4) is 0 Å². The average molecular weight is 471 g/mol. The fraction of sp³-hybridized carbons (Fsp3) is 0.316. The first-order valence-corrected chi connectivity index (χ1v) is 8.00. The summed E-state index contributed by atoms with van der Waals surface area (Å²) < 4.78 is 16.1. The van der Waals surface area contributed by atoms with E-state index in [1.807, 2.05) is 43.3 Å². The minimum absolute atomic E-state index is 0. The molecule has 3 N–H and O–H groups in total. The van der Waals surface area contributed by atoms with Crippen LogP contribution in [-0.4, -0.2) is 33.8 Å². The third-order valence-corrected chi connectivity index (χ3v) is 3.79. The number of aliphatic imine (C=N–C) groups is 1. The molecule has 142 valence electrons. The summed E-state index contributed by atoms with van der Waals surface area (Å²) >= 11 is 0. The zero-order valence-corrected chi connectivity index (χ0v) is 17.9. The van der Waals surface area contributed by atoms with Crippen molar-refractivity contribution in [1.29, 1.82) is 0 Å². The van der Waals surface area contributed by atoms with Gasteiger partial charge in [-0.1, -0.05) is 17.7 Å². The third-order valence-electron chi connectivity index (χ3n) is 3.79. The maximum atomic E-state index is 5.95. The van der Waals surface area contributed by atoms with Gasteiger partial charge in [0.1, 0.15) is 17.2 Å². The normalized spacial score (nSPS) is 10.7. The van der Waals surface area contributed by atoms with E-state index < -0.39 is 0 Å². The van der Waals surface area contributed by atoms with E-state index >= 15 is 0 Å². The first-order valence-electron chi connectivity index (χ1n) is 8.00. The van der Waals surface area contributed by atoms with E-state index in [1.165, 1.54) is 5.56 Å². The molecule has 0 bridgehead atoms. The van der Waals surface area contributed by atoms with Gasteiger partial charge in [0.2, 0.25) is 0 Å². The first-order chi connectivity index (χ1) is 12.1. The molecule has 0 unspecified atom stereocenters. The van der Waals surface area contributed by atoms with Crippen LogP contribution in [0.2, 0.25) is 0 Å². The molecule has 0 aromatic heterocycles. The zero-order valence-electron chi connectivity index (χ0n) is 15.5. The average Bonchev–Trinajstić information content (AvgIpc) is 2.63. The lowest BCUT2D eigenvalue weighted by molar-refractivity contribution is 0.369. The smallest absolute Gasteiger partial charge is 0.193 e. The molecule has 0 heterocycles. The highest BCUT2D eigenvalue weighted by atomic mass is 127. The Labute approximate surface area is 171 Å². The van der Waals surface area contributed by atoms with Crippen molar-refractivity contribution in [1.82, 2.24) is 0 Å². The molecular weight excluding hydrogens is 445 g/mol. The summed E-state index contributed by atoms with van der Waals surface area (Å²) in [4.78, 5) is 4.37. The Kier molecular flexibility index (Phi) is 9.04. The molecule has 0 radical (unpaired) electrons. The van der Waals surface area contributed by atoms with Crippen LogP contribution in [0.1, 0.15) is 11.1 Å². The predicted molar refractivity (Wildman–Crippen MR) is 117 cm³/mol. The van der Waals surface area contributed by atoms with E-state index in [1.54, 1.807) is 21.3 Å². The standard InChI is InChI=1S/C19H25N3O3.HI/c1-13-5-7-14(8-6-13)22-19(20)21-10-9-16-17(24-3)11-15(23-2)12-18(16)25-4;/h5-8,11-12H,9-10H2,1-4H3,(H3,20,21,22);1H. The number of hydrogen-bond donors (Lipinski definition) is 2. The molecule has 0 atom stereocenters. The van der Waals surface area contributed by atoms with Gasteiger partial charge in [0.15, 0.2) is 5.96 Å². The number of nitrogens with zero attached hydrogens (tertiary/aromatic N) is 1. The van der Waals surface area contributed by atoms with Crippen LogP contribution in [-0.2, 0) is 6.42 Å². The van der Waals surface area contributed by atoms with E-state index in [-0.39, 0.29) is 24.0 Å². The van der Waals surface area contributed by atoms with Crippen molar-refractivity contribution in [2.45, 2.75) is 13.3 Å². The number of halogens is 1. The first kappa shape index (κ1) is 21.9. The second-order valence-corrected chi connectivity index (χ2v) is 5.52. The molecule has 0 amide bonds. The fourth-order valence-corrected chi connectivity index (χ4v) is 2.44. The topological polar surface area (TPSA) is 78.1 Å². The zero-order chi connectivity index (χ0) is 18.2. The lowest BCUT2D eigenvalue weighted by atomic mass is 10.1. The van der Waals surface area contributed by atoms with Gasteiger partial charge in [0.25, 0.3) is 0 Å². The van der Waals surface area contributed by atoms with Crippen LogP contribution in [0.5, 0.6) is 17.2 Å². The van der Waals surface area contributed by atoms with Crippen molar-refractivity contribution in [2.75, 3.05) is 33.2 Å². The van der Waals surface area contributed by atoms with Crippen molar-refractivity contribution >= 4 is 35.6 Å². The SMILES string of the molecule is COc1cc(OC)c(CCN=C(N)Nc2ccc(C)cc2)c(OC)c1.I. The number of methoxy groups -OCH3 is 3. The lowest BCUT2D eigenvalue weighted by Crippen LogP contribution is -2.23. The Balaban J connectivity index is 0.00000338. The molecule has 0 saturated carbocycles. The molecule has 2 aromatic rings. The van der Waals surface area contributed by atoms with Crippen LogP contribution in [0.4, 0.5) is 5.69 Å². The predicted octanol–water partition coefficient (Wildman–Crippen LogP) is 3.61. The van der Waals surface area contributed by atoms with Crippen molar-refractivity contribution in [3.05, 3.63) is 47.5 Å². The minimum Gasteiger partial charge on any atom is -0.496 e. The molecule has 7 heteroatoms. The number of rotatable bonds is 7. The van der Waals surface area contributed by atoms with Gasteiger partial charge < -0.3 is 25.3 Å². The molecule has 6 nitrogen and oxygen atoms in total. The Morgan fingerprint density at radius 2 is 1.58 bits per heavy atom. The van der Waals surface area contributed by atoms with Gasteiger partial charge in [-0.3, -0.25) is 4.99 Å². The fourth-order valence-electron chi connectivity index (χ4n) is 2.44. The Hall–Kier alpha value is -2.16. The van der Waals surface area contributed by atoms with Crippen molar-refractivity contribution in [2.24, 2.45) is 10.7 Å². The minimum atomic E-state index is 0. The highest BCUT2D eigenvalue weighted by molar-refractivity contribution is 14.0. The lowest BCUT2D eigenvalue weighted by Gasteiger charge is -2.14. The molecule has 0 aliphatic rings. The number of nitrogens with two attached hydrogens (primary N) is 1. The summed E-state index contributed by atoms with van der Waals surface area (Å²) in [6.45, 7) is 2.54. The van der Waals surface area contributed by atoms with E-state index in [0.29, 0.717) is 36.2 Å². The maximum Gasteiger partial charge on any atom is 0.193 e. The summed E-state index contributed by atoms with van der Waals surface area (Å²) in [7, 11) is 4.85. The van der Waals surface area contributed by atoms with Crippen LogP contribution in [0, 0.1) is 6.92 Å². The Morgan fingerprint density at radius 1 is 1.00 bits per heavy atom. The van der Waals surface area contributed by atoms with Crippen LogP contribution < -0.4 is 25.3 Å². The number of anilines is 1. The van der Waals surface area contributed by atoms with Crippen LogP contribution in [0.25, 0.3) is 0 Å². The van der Waals surface area contributed by atoms with Gasteiger partial charge in [-0.2, -0.15) is 0 Å². The van der Waals surface area contributed by atoms with Gasteiger partial charge >= 0.3 is 0 Å². The molecule has 0 saturated heterocycles. The quantitative estimate of drug-likeness (QED) is 0.367. The molecular formula is C19H26IN3O3. The number of aryl methyl sites for hydroxylation is 1. The molecule has 0 spiro atoms. The van der Waals surface area contributed by atoms with Crippen molar-refractivity contribution in [3.8, 4) is 17.2 Å². The molecule has 0 aliphatic carbocycles. The van der Waals surface area contributed by atoms with Gasteiger partial charge in [-0.15, -0.1) is 24.0 Å². The third kappa shape index (κ3) is 5.98. The van der Waals surface area contributed by atoms with E-state index in [0.717, 1.165) is 11.3 Å². The summed E-state index contributed by atoms with van der Waals surface area (Å²) in [5, 5.41) is 3.08. The van der Waals surface area contributed by atoms with Crippen molar-refractivity contribution < 1.29 is 14.2 Å². The molecule has 2 aromatic carbocycles. The number of benzene rings is 2. The summed E-state index contributed by atoms with van der Waals surface area (Å²) in [5.74, 6) is 2.46. The largest absolute Gasteiger partial charge is 0.496 e. The van der Waals surface area contributed by atoms with Gasteiger partial charge in [-0.25, -0.2) is 0 Å². The van der Waals surface area contributed by atoms with Gasteiger partial charge in [0.05, 0.1) is 21.3 Å². The number of ether oxygens (including phenoxy) is 3. The summed E-state index contributed by atoms with van der Waals surface area (Å²) in [6.07, 6.45) is 0.632. The Bertz CT molecular complexity index is 708. The highest BCUT2D eigenvalue weighted by Gasteiger charge is 2.12. The van der Waals surface area contributed by atoms with E-state index in [2.05, 4.69) is 10.3 Å². The van der Waals surface area contributed by atoms with Gasteiger partial charge in [-0.05, 0) is 25.5 Å². The second kappa shape index (κ2) is 10.7. The summed E-state index contributed by atoms with van der Waals surface area (Å²) in [5.41, 5.74) is 8.98. The molecule has 2 rings (SSSR count). The van der Waals surface area contributed by atoms with Crippen LogP contribution in [0.15, 0.2) is 41.4 Å². The maximum absolute atomic E-state index is 5.95. The van der Waals surface area contributed by atoms with Gasteiger partial charge in [0, 0.05) is 29.9 Å². The van der Waals surface area contributed by atoms with E-state index in [4.69, 9.17) is 19.9 Å². The molecule has 0 fully saturated rings. The number of hydrogen-bond acceptors (Lipinski definition) is 4. The van der Waals surface area contributed by atoms with Crippen molar-refractivity contribution in [3.63, 3.8) is 0 Å². The Morgan fingerprint density at radius 3 is 2.08 bits per heavy atom. The van der Waals surface area contributed by atoms with E-state index in [9.17, 15) is 0 Å². The van der Waals surface area contributed by atoms with Crippen LogP contribution >= 0.6 is 24.0 Å². The monoisotopic (exact) mass is 471 g/mol. The summed E-state index contributed by atoms with van der Waals surface area (Å²) in [6, 6.07) is 11.6. The molecule has 0 aliphatic heterocycles. The number of nitrogens with one attached hydrogen (secondary N) is 1. The highest BCUT2D eigenvalue weighted by Crippen LogP contribution is 2.34. The molecule has 26 heavy (non-hydrogen) atoms. The second-order valence-electron chi connectivity index (χ2n) is 5.52. The number of guanidine groups is 1.